The Hall–Kier alpha value is -2.71. The average Bonchev–Trinajstić information content (AvgIpc) is 2.98. The topological polar surface area (TPSA) is 56.2 Å². The van der Waals surface area contributed by atoms with Gasteiger partial charge in [-0.3, -0.25) is 0 Å². The van der Waals surface area contributed by atoms with E-state index < -0.39 is 17.8 Å². The molecule has 0 bridgehead atoms. The van der Waals surface area contributed by atoms with Crippen LogP contribution in [0.3, 0.4) is 0 Å². The highest BCUT2D eigenvalue weighted by atomic mass is 35.5. The van der Waals surface area contributed by atoms with Crippen molar-refractivity contribution in [3.8, 4) is 11.6 Å². The van der Waals surface area contributed by atoms with Crippen LogP contribution in [0.15, 0.2) is 48.5 Å². The van der Waals surface area contributed by atoms with E-state index >= 15 is 0 Å². The Balaban J connectivity index is 1.77. The Morgan fingerprint density at radius 2 is 1.86 bits per heavy atom. The predicted molar refractivity (Wildman–Crippen MR) is 99.4 cm³/mol. The Kier molecular flexibility index (Phi) is 5.53. The molecule has 1 N–H and O–H groups in total. The Bertz CT molecular complexity index is 1040. The summed E-state index contributed by atoms with van der Waals surface area (Å²) in [5.41, 5.74) is -0.0345. The molecule has 3 aromatic rings. The molecule has 2 aromatic carbocycles. The van der Waals surface area contributed by atoms with Crippen LogP contribution in [0.2, 0.25) is 10.0 Å². The minimum Gasteiger partial charge on any atom is -0.438 e. The summed E-state index contributed by atoms with van der Waals surface area (Å²) in [7, 11) is 0. The number of hydrogen-bond acceptors (Lipinski definition) is 3. The van der Waals surface area contributed by atoms with Crippen LogP contribution in [-0.2, 0) is 6.18 Å². The molecule has 3 rings (SSSR count). The van der Waals surface area contributed by atoms with E-state index in [0.717, 1.165) is 16.8 Å². The standard InChI is InChI=1S/C18H12Cl2F3N3O2/c1-10-7-16(28-13-4-2-3-11(8-13)18(21,22)23)25-26(10)17(27)24-12-5-6-14(19)15(20)9-12/h2-9H,1H3,(H,24,27). The summed E-state index contributed by atoms with van der Waals surface area (Å²) in [6.07, 6.45) is -4.49. The van der Waals surface area contributed by atoms with Crippen LogP contribution < -0.4 is 10.1 Å². The summed E-state index contributed by atoms with van der Waals surface area (Å²) in [6.45, 7) is 1.60. The van der Waals surface area contributed by atoms with Crippen molar-refractivity contribution in [1.82, 2.24) is 9.78 Å². The average molecular weight is 430 g/mol. The number of hydrogen-bond donors (Lipinski definition) is 1. The summed E-state index contributed by atoms with van der Waals surface area (Å²) < 4.78 is 44.8. The van der Waals surface area contributed by atoms with Gasteiger partial charge in [-0.2, -0.15) is 17.9 Å². The molecule has 5 nitrogen and oxygen atoms in total. The number of aromatic nitrogens is 2. The van der Waals surface area contributed by atoms with E-state index in [1.807, 2.05) is 0 Å². The molecule has 0 aliphatic rings. The fourth-order valence-electron chi connectivity index (χ4n) is 2.31. The van der Waals surface area contributed by atoms with E-state index in [1.54, 1.807) is 13.0 Å². The number of benzene rings is 2. The summed E-state index contributed by atoms with van der Waals surface area (Å²) in [5, 5.41) is 7.17. The maximum atomic E-state index is 12.8. The molecule has 0 saturated carbocycles. The largest absolute Gasteiger partial charge is 0.438 e. The van der Waals surface area contributed by atoms with Gasteiger partial charge in [-0.05, 0) is 43.3 Å². The second-order valence-electron chi connectivity index (χ2n) is 5.72. The van der Waals surface area contributed by atoms with Crippen molar-refractivity contribution in [2.24, 2.45) is 0 Å². The van der Waals surface area contributed by atoms with E-state index in [1.165, 1.54) is 30.3 Å². The van der Waals surface area contributed by atoms with E-state index in [9.17, 15) is 18.0 Å². The van der Waals surface area contributed by atoms with Gasteiger partial charge < -0.3 is 10.1 Å². The number of amides is 1. The molecule has 0 unspecified atom stereocenters. The molecular formula is C18H12Cl2F3N3O2. The lowest BCUT2D eigenvalue weighted by atomic mass is 10.2. The molecule has 146 valence electrons. The zero-order chi connectivity index (χ0) is 20.5. The number of nitrogens with zero attached hydrogens (tertiary/aromatic N) is 2. The number of anilines is 1. The van der Waals surface area contributed by atoms with Crippen molar-refractivity contribution < 1.29 is 22.7 Å². The van der Waals surface area contributed by atoms with Crippen molar-refractivity contribution in [3.05, 3.63) is 69.8 Å². The first kappa shape index (κ1) is 20.0. The van der Waals surface area contributed by atoms with Gasteiger partial charge in [-0.15, -0.1) is 5.10 Å². The molecule has 0 spiro atoms. The molecule has 28 heavy (non-hydrogen) atoms. The minimum atomic E-state index is -4.49. The zero-order valence-corrected chi connectivity index (χ0v) is 15.7. The van der Waals surface area contributed by atoms with Crippen LogP contribution >= 0.6 is 23.2 Å². The first-order valence-corrected chi connectivity index (χ1v) is 8.57. The molecule has 0 atom stereocenters. The summed E-state index contributed by atoms with van der Waals surface area (Å²) in [5.74, 6) is -0.0783. The highest BCUT2D eigenvalue weighted by molar-refractivity contribution is 6.42. The van der Waals surface area contributed by atoms with E-state index in [0.29, 0.717) is 16.4 Å². The van der Waals surface area contributed by atoms with Crippen molar-refractivity contribution in [1.29, 1.82) is 0 Å². The third kappa shape index (κ3) is 4.58. The van der Waals surface area contributed by atoms with Crippen molar-refractivity contribution in [2.75, 3.05) is 5.32 Å². The van der Waals surface area contributed by atoms with Gasteiger partial charge in [0.1, 0.15) is 5.75 Å². The molecular weight excluding hydrogens is 418 g/mol. The highest BCUT2D eigenvalue weighted by Gasteiger charge is 2.30. The Labute approximate surface area is 167 Å². The third-order valence-corrected chi connectivity index (χ3v) is 4.35. The molecule has 0 saturated heterocycles. The molecule has 1 heterocycles. The lowest BCUT2D eigenvalue weighted by molar-refractivity contribution is -0.137. The van der Waals surface area contributed by atoms with Gasteiger partial charge in [0.15, 0.2) is 0 Å². The number of carbonyl (C=O) groups is 1. The van der Waals surface area contributed by atoms with E-state index in [2.05, 4.69) is 10.4 Å². The molecule has 0 fully saturated rings. The molecule has 1 amide bonds. The summed E-state index contributed by atoms with van der Waals surface area (Å²) >= 11 is 11.7. The van der Waals surface area contributed by atoms with Crippen molar-refractivity contribution in [2.45, 2.75) is 13.1 Å². The number of alkyl halides is 3. The van der Waals surface area contributed by atoms with Crippen LogP contribution in [0.25, 0.3) is 0 Å². The first-order chi connectivity index (χ1) is 13.1. The normalized spacial score (nSPS) is 11.4. The second kappa shape index (κ2) is 7.73. The Morgan fingerprint density at radius 3 is 2.54 bits per heavy atom. The van der Waals surface area contributed by atoms with Crippen LogP contribution in [0.5, 0.6) is 11.6 Å². The van der Waals surface area contributed by atoms with Gasteiger partial charge in [0.25, 0.3) is 0 Å². The predicted octanol–water partition coefficient (Wildman–Crippen LogP) is 6.39. The van der Waals surface area contributed by atoms with Crippen LogP contribution in [0, 0.1) is 6.92 Å². The van der Waals surface area contributed by atoms with Crippen molar-refractivity contribution in [3.63, 3.8) is 0 Å². The second-order valence-corrected chi connectivity index (χ2v) is 6.54. The highest BCUT2D eigenvalue weighted by Crippen LogP contribution is 2.32. The lowest BCUT2D eigenvalue weighted by Gasteiger charge is -2.08. The van der Waals surface area contributed by atoms with Crippen LogP contribution in [0.1, 0.15) is 11.3 Å². The number of rotatable bonds is 3. The molecule has 0 aliphatic carbocycles. The minimum absolute atomic E-state index is 0.0267. The molecule has 0 aliphatic heterocycles. The van der Waals surface area contributed by atoms with Gasteiger partial charge in [0.2, 0.25) is 5.88 Å². The fourth-order valence-corrected chi connectivity index (χ4v) is 2.61. The van der Waals surface area contributed by atoms with Gasteiger partial charge in [0.05, 0.1) is 21.3 Å². The monoisotopic (exact) mass is 429 g/mol. The first-order valence-electron chi connectivity index (χ1n) is 7.81. The van der Waals surface area contributed by atoms with Gasteiger partial charge in [0, 0.05) is 11.8 Å². The third-order valence-electron chi connectivity index (χ3n) is 3.61. The number of nitrogens with one attached hydrogen (secondary N) is 1. The SMILES string of the molecule is Cc1cc(Oc2cccc(C(F)(F)F)c2)nn1C(=O)Nc1ccc(Cl)c(Cl)c1. The number of halogens is 5. The summed E-state index contributed by atoms with van der Waals surface area (Å²) in [4.78, 5) is 12.4. The van der Waals surface area contributed by atoms with Crippen LogP contribution in [-0.4, -0.2) is 15.8 Å². The molecule has 1 aromatic heterocycles. The van der Waals surface area contributed by atoms with Gasteiger partial charge >= 0.3 is 12.2 Å². The number of carbonyl (C=O) groups excluding carboxylic acids is 1. The van der Waals surface area contributed by atoms with Gasteiger partial charge in [-0.1, -0.05) is 29.3 Å². The maximum absolute atomic E-state index is 12.8. The lowest BCUT2D eigenvalue weighted by Crippen LogP contribution is -2.21. The smallest absolute Gasteiger partial charge is 0.416 e. The summed E-state index contributed by atoms with van der Waals surface area (Å²) in [6, 6.07) is 9.75. The Morgan fingerprint density at radius 1 is 1.11 bits per heavy atom. The maximum Gasteiger partial charge on any atom is 0.416 e. The quantitative estimate of drug-likeness (QED) is 0.524. The van der Waals surface area contributed by atoms with Crippen LogP contribution in [0.4, 0.5) is 23.7 Å². The van der Waals surface area contributed by atoms with E-state index in [-0.39, 0.29) is 16.7 Å². The fraction of sp³-hybridized carbons (Fsp3) is 0.111. The number of aryl methyl sites for hydroxylation is 1. The van der Waals surface area contributed by atoms with E-state index in [4.69, 9.17) is 27.9 Å². The molecule has 0 radical (unpaired) electrons. The van der Waals surface area contributed by atoms with Gasteiger partial charge in [-0.25, -0.2) is 4.79 Å². The number of ether oxygens (including phenoxy) is 1. The molecule has 10 heteroatoms. The zero-order valence-electron chi connectivity index (χ0n) is 14.2. The van der Waals surface area contributed by atoms with Crippen molar-refractivity contribution >= 4 is 34.9 Å².